The molecule has 2 atom stereocenters. The van der Waals surface area contributed by atoms with Gasteiger partial charge in [-0.25, -0.2) is 4.98 Å². The molecule has 3 heterocycles. The molecule has 122 valence electrons. The summed E-state index contributed by atoms with van der Waals surface area (Å²) in [6.07, 6.45) is 3.58. The highest BCUT2D eigenvalue weighted by Crippen LogP contribution is 2.22. The van der Waals surface area contributed by atoms with E-state index in [2.05, 4.69) is 21.9 Å². The Bertz CT molecular complexity index is 698. The number of likely N-dealkylation sites (tertiary alicyclic amines) is 1. The molecule has 1 fully saturated rings. The van der Waals surface area contributed by atoms with Crippen molar-refractivity contribution in [1.82, 2.24) is 19.5 Å². The van der Waals surface area contributed by atoms with E-state index in [1.54, 1.807) is 0 Å². The van der Waals surface area contributed by atoms with Crippen molar-refractivity contribution in [3.8, 4) is 0 Å². The maximum absolute atomic E-state index is 11.9. The van der Waals surface area contributed by atoms with Gasteiger partial charge < -0.3 is 5.73 Å². The predicted molar refractivity (Wildman–Crippen MR) is 90.8 cm³/mol. The van der Waals surface area contributed by atoms with Crippen molar-refractivity contribution in [3.05, 3.63) is 27.1 Å². The minimum Gasteiger partial charge on any atom is -0.327 e. The third-order valence-electron chi connectivity index (χ3n) is 4.02. The molecule has 2 unspecified atom stereocenters. The fourth-order valence-electron chi connectivity index (χ4n) is 3.01. The van der Waals surface area contributed by atoms with E-state index in [1.807, 2.05) is 6.92 Å². The zero-order valence-electron chi connectivity index (χ0n) is 12.9. The van der Waals surface area contributed by atoms with E-state index in [4.69, 9.17) is 5.73 Å². The first kappa shape index (κ1) is 17.3. The Hall–Kier alpha value is -1.02. The van der Waals surface area contributed by atoms with Gasteiger partial charge >= 0.3 is 0 Å². The van der Waals surface area contributed by atoms with Crippen molar-refractivity contribution in [2.24, 2.45) is 5.73 Å². The lowest BCUT2D eigenvalue weighted by atomic mass is 9.97. The van der Waals surface area contributed by atoms with Crippen LogP contribution in [0, 0.1) is 6.92 Å². The molecule has 1 saturated heterocycles. The summed E-state index contributed by atoms with van der Waals surface area (Å²) < 4.78 is 1.40. The third kappa shape index (κ3) is 3.48. The lowest BCUT2D eigenvalue weighted by Crippen LogP contribution is -2.48. The summed E-state index contributed by atoms with van der Waals surface area (Å²) in [4.78, 5) is 19.4. The van der Waals surface area contributed by atoms with Gasteiger partial charge in [0, 0.05) is 23.8 Å². The van der Waals surface area contributed by atoms with E-state index in [0.717, 1.165) is 30.2 Å². The summed E-state index contributed by atoms with van der Waals surface area (Å²) >= 11 is 1.49. The molecule has 1 aliphatic heterocycles. The molecule has 0 saturated carbocycles. The lowest BCUT2D eigenvalue weighted by Gasteiger charge is -2.37. The summed E-state index contributed by atoms with van der Waals surface area (Å²) in [7, 11) is 0. The van der Waals surface area contributed by atoms with Gasteiger partial charge in [0.2, 0.25) is 4.96 Å². The SMILES string of the molecule is Cc1cc(=O)n2nc(CN3CCCCC3C(C)N)sc2n1.Cl. The van der Waals surface area contributed by atoms with Crippen molar-refractivity contribution in [3.63, 3.8) is 0 Å². The van der Waals surface area contributed by atoms with Crippen molar-refractivity contribution in [2.75, 3.05) is 6.54 Å². The minimum absolute atomic E-state index is 0. The smallest absolute Gasteiger partial charge is 0.275 e. The molecule has 0 aliphatic carbocycles. The molecule has 0 spiro atoms. The monoisotopic (exact) mass is 343 g/mol. The van der Waals surface area contributed by atoms with Gasteiger partial charge in [0.25, 0.3) is 5.56 Å². The fourth-order valence-corrected chi connectivity index (χ4v) is 3.98. The van der Waals surface area contributed by atoms with Crippen LogP contribution in [0.5, 0.6) is 0 Å². The van der Waals surface area contributed by atoms with Crippen LogP contribution in [0.25, 0.3) is 4.96 Å². The second-order valence-corrected chi connectivity index (χ2v) is 6.86. The highest BCUT2D eigenvalue weighted by atomic mass is 35.5. The Kier molecular flexibility index (Phi) is 5.55. The normalized spacial score (nSPS) is 20.8. The van der Waals surface area contributed by atoms with Crippen molar-refractivity contribution >= 4 is 28.7 Å². The Labute approximate surface area is 139 Å². The fraction of sp³-hybridized carbons (Fsp3) is 0.643. The van der Waals surface area contributed by atoms with Gasteiger partial charge in [-0.1, -0.05) is 17.8 Å². The average Bonchev–Trinajstić information content (AvgIpc) is 2.81. The number of rotatable bonds is 3. The number of aromatic nitrogens is 3. The quantitative estimate of drug-likeness (QED) is 0.915. The first-order valence-corrected chi connectivity index (χ1v) is 8.22. The maximum Gasteiger partial charge on any atom is 0.275 e. The maximum atomic E-state index is 11.9. The molecule has 2 N–H and O–H groups in total. The highest BCUT2D eigenvalue weighted by molar-refractivity contribution is 7.16. The molecular weight excluding hydrogens is 322 g/mol. The first-order valence-electron chi connectivity index (χ1n) is 7.40. The Morgan fingerprint density at radius 2 is 2.27 bits per heavy atom. The first-order chi connectivity index (χ1) is 10.0. The standard InChI is InChI=1S/C14H21N5OS.ClH/c1-9-7-13(20)19-14(16-9)21-12(17-19)8-18-6-4-3-5-11(18)10(2)15;/h7,10-11H,3-6,8,15H2,1-2H3;1H. The van der Waals surface area contributed by atoms with Crippen LogP contribution in [-0.2, 0) is 6.54 Å². The van der Waals surface area contributed by atoms with Gasteiger partial charge in [0.1, 0.15) is 5.01 Å². The number of fused-ring (bicyclic) bond motifs is 1. The molecule has 22 heavy (non-hydrogen) atoms. The summed E-state index contributed by atoms with van der Waals surface area (Å²) in [5.41, 5.74) is 6.73. The van der Waals surface area contributed by atoms with E-state index in [9.17, 15) is 4.79 Å². The van der Waals surface area contributed by atoms with E-state index in [-0.39, 0.29) is 24.0 Å². The Balaban J connectivity index is 0.00000176. The summed E-state index contributed by atoms with van der Waals surface area (Å²) in [5, 5.41) is 5.35. The molecule has 8 heteroatoms. The topological polar surface area (TPSA) is 76.5 Å². The minimum atomic E-state index is -0.109. The van der Waals surface area contributed by atoms with Crippen molar-refractivity contribution in [1.29, 1.82) is 0 Å². The van der Waals surface area contributed by atoms with E-state index in [0.29, 0.717) is 11.0 Å². The van der Waals surface area contributed by atoms with Gasteiger partial charge in [0.05, 0.1) is 6.54 Å². The Morgan fingerprint density at radius 1 is 1.50 bits per heavy atom. The zero-order chi connectivity index (χ0) is 15.0. The third-order valence-corrected chi connectivity index (χ3v) is 4.92. The van der Waals surface area contributed by atoms with Gasteiger partial charge in [-0.3, -0.25) is 9.69 Å². The van der Waals surface area contributed by atoms with Gasteiger partial charge in [-0.15, -0.1) is 12.4 Å². The predicted octanol–water partition coefficient (Wildman–Crippen LogP) is 1.58. The lowest BCUT2D eigenvalue weighted by molar-refractivity contribution is 0.122. The van der Waals surface area contributed by atoms with Crippen LogP contribution in [0.15, 0.2) is 10.9 Å². The van der Waals surface area contributed by atoms with Crippen LogP contribution >= 0.6 is 23.7 Å². The number of hydrogen-bond donors (Lipinski definition) is 1. The number of nitrogens with zero attached hydrogens (tertiary/aromatic N) is 4. The number of aryl methyl sites for hydroxylation is 1. The summed E-state index contributed by atoms with van der Waals surface area (Å²) in [5.74, 6) is 0. The molecule has 2 aromatic heterocycles. The number of piperidine rings is 1. The summed E-state index contributed by atoms with van der Waals surface area (Å²) in [6, 6.07) is 2.07. The van der Waals surface area contributed by atoms with Crippen LogP contribution in [0.2, 0.25) is 0 Å². The molecule has 0 bridgehead atoms. The summed E-state index contributed by atoms with van der Waals surface area (Å²) in [6.45, 7) is 5.69. The van der Waals surface area contributed by atoms with E-state index in [1.165, 1.54) is 34.8 Å². The zero-order valence-corrected chi connectivity index (χ0v) is 14.5. The van der Waals surface area contributed by atoms with Crippen molar-refractivity contribution < 1.29 is 0 Å². The van der Waals surface area contributed by atoms with Crippen LogP contribution in [0.1, 0.15) is 36.9 Å². The molecule has 1 aliphatic rings. The van der Waals surface area contributed by atoms with Crippen LogP contribution in [-0.4, -0.2) is 38.1 Å². The molecule has 0 radical (unpaired) electrons. The number of hydrogen-bond acceptors (Lipinski definition) is 6. The number of nitrogens with two attached hydrogens (primary N) is 1. The van der Waals surface area contributed by atoms with E-state index < -0.39 is 0 Å². The molecule has 0 amide bonds. The largest absolute Gasteiger partial charge is 0.327 e. The molecule has 3 rings (SSSR count). The number of halogens is 1. The Morgan fingerprint density at radius 3 is 3.00 bits per heavy atom. The van der Waals surface area contributed by atoms with Crippen LogP contribution in [0.4, 0.5) is 0 Å². The second kappa shape index (κ2) is 7.04. The second-order valence-electron chi connectivity index (χ2n) is 5.82. The average molecular weight is 344 g/mol. The molecular formula is C14H22ClN5OS. The molecule has 6 nitrogen and oxygen atoms in total. The van der Waals surface area contributed by atoms with Crippen LogP contribution < -0.4 is 11.3 Å². The highest BCUT2D eigenvalue weighted by Gasteiger charge is 2.26. The molecule has 0 aromatic carbocycles. The van der Waals surface area contributed by atoms with Crippen LogP contribution in [0.3, 0.4) is 0 Å². The van der Waals surface area contributed by atoms with Gasteiger partial charge in [-0.05, 0) is 33.2 Å². The van der Waals surface area contributed by atoms with Crippen molar-refractivity contribution in [2.45, 2.75) is 51.7 Å². The van der Waals surface area contributed by atoms with E-state index >= 15 is 0 Å². The molecule has 2 aromatic rings. The van der Waals surface area contributed by atoms with Gasteiger partial charge in [0.15, 0.2) is 0 Å². The van der Waals surface area contributed by atoms with Gasteiger partial charge in [-0.2, -0.15) is 9.61 Å².